The summed E-state index contributed by atoms with van der Waals surface area (Å²) in [5.74, 6) is -0.644. The van der Waals surface area contributed by atoms with Crippen molar-refractivity contribution in [2.24, 2.45) is 5.73 Å². The van der Waals surface area contributed by atoms with E-state index >= 15 is 0 Å². The zero-order valence-corrected chi connectivity index (χ0v) is 11.6. The number of hydrogen-bond donors (Lipinski definition) is 1. The van der Waals surface area contributed by atoms with Crippen LogP contribution in [0.15, 0.2) is 40.9 Å². The maximum Gasteiger partial charge on any atom is 0.166 e. The second kappa shape index (κ2) is 6.12. The molecule has 2 nitrogen and oxygen atoms in total. The minimum atomic E-state index is -0.515. The van der Waals surface area contributed by atoms with Gasteiger partial charge in [0.25, 0.3) is 0 Å². The Morgan fingerprint density at radius 3 is 2.58 bits per heavy atom. The molecule has 0 unspecified atom stereocenters. The van der Waals surface area contributed by atoms with Crippen LogP contribution in [0.25, 0.3) is 0 Å². The second-order valence-electron chi connectivity index (χ2n) is 4.01. The highest BCUT2D eigenvalue weighted by molar-refractivity contribution is 9.10. The van der Waals surface area contributed by atoms with Crippen molar-refractivity contribution in [1.82, 2.24) is 0 Å². The molecule has 0 radical (unpaired) electrons. The van der Waals surface area contributed by atoms with Crippen LogP contribution in [-0.4, -0.2) is 6.54 Å². The lowest BCUT2D eigenvalue weighted by molar-refractivity contribution is 0.438. The van der Waals surface area contributed by atoms with E-state index in [1.807, 2.05) is 0 Å². The zero-order valence-electron chi connectivity index (χ0n) is 10.00. The predicted octanol–water partition coefficient (Wildman–Crippen LogP) is 4.02. The lowest BCUT2D eigenvalue weighted by atomic mass is 10.1. The third-order valence-corrected chi connectivity index (χ3v) is 2.98. The van der Waals surface area contributed by atoms with Gasteiger partial charge in [0.15, 0.2) is 11.6 Å². The summed E-state index contributed by atoms with van der Waals surface area (Å²) in [5, 5.41) is 0. The maximum atomic E-state index is 13.6. The van der Waals surface area contributed by atoms with Crippen molar-refractivity contribution in [2.45, 2.75) is 6.42 Å². The third kappa shape index (κ3) is 3.75. The molecule has 0 aliphatic rings. The Kier molecular flexibility index (Phi) is 4.50. The van der Waals surface area contributed by atoms with E-state index in [2.05, 4.69) is 15.9 Å². The number of hydrogen-bond acceptors (Lipinski definition) is 2. The first-order valence-electron chi connectivity index (χ1n) is 5.71. The Balaban J connectivity index is 2.27. The van der Waals surface area contributed by atoms with Crippen molar-refractivity contribution in [2.75, 3.05) is 6.54 Å². The van der Waals surface area contributed by atoms with Crippen molar-refractivity contribution in [1.29, 1.82) is 0 Å². The molecule has 0 amide bonds. The molecule has 2 rings (SSSR count). The van der Waals surface area contributed by atoms with Gasteiger partial charge in [-0.05, 0) is 48.9 Å². The lowest BCUT2D eigenvalue weighted by Crippen LogP contribution is -2.03. The number of benzene rings is 2. The molecule has 0 aliphatic heterocycles. The molecule has 100 valence electrons. The Bertz CT molecular complexity index is 590. The summed E-state index contributed by atoms with van der Waals surface area (Å²) >= 11 is 3.16. The minimum absolute atomic E-state index is 0.0486. The molecular formula is C14H12BrF2NO. The van der Waals surface area contributed by atoms with Crippen LogP contribution in [0.3, 0.4) is 0 Å². The zero-order chi connectivity index (χ0) is 13.8. The van der Waals surface area contributed by atoms with Crippen molar-refractivity contribution < 1.29 is 13.5 Å². The number of nitrogens with two attached hydrogens (primary N) is 1. The van der Waals surface area contributed by atoms with Gasteiger partial charge in [-0.2, -0.15) is 0 Å². The topological polar surface area (TPSA) is 35.2 Å². The van der Waals surface area contributed by atoms with E-state index in [4.69, 9.17) is 10.5 Å². The van der Waals surface area contributed by atoms with Crippen molar-refractivity contribution in [3.05, 3.63) is 58.1 Å². The fourth-order valence-electron chi connectivity index (χ4n) is 1.68. The van der Waals surface area contributed by atoms with Gasteiger partial charge in [0.1, 0.15) is 11.6 Å². The monoisotopic (exact) mass is 327 g/mol. The average molecular weight is 328 g/mol. The van der Waals surface area contributed by atoms with Crippen LogP contribution in [0, 0.1) is 11.6 Å². The van der Waals surface area contributed by atoms with Crippen LogP contribution in [0.5, 0.6) is 11.5 Å². The van der Waals surface area contributed by atoms with Gasteiger partial charge in [-0.25, -0.2) is 8.78 Å². The van der Waals surface area contributed by atoms with Gasteiger partial charge in [-0.3, -0.25) is 0 Å². The Morgan fingerprint density at radius 2 is 1.89 bits per heavy atom. The minimum Gasteiger partial charge on any atom is -0.454 e. The van der Waals surface area contributed by atoms with Crippen LogP contribution in [0.4, 0.5) is 8.78 Å². The standard InChI is InChI=1S/C14H12BrF2NO/c15-10-1-2-14(13(17)7-10)19-12-6-9(3-4-18)5-11(16)8-12/h1-2,5-8H,3-4,18H2. The van der Waals surface area contributed by atoms with Gasteiger partial charge in [0, 0.05) is 10.5 Å². The Hall–Kier alpha value is -1.46. The van der Waals surface area contributed by atoms with E-state index in [1.165, 1.54) is 24.3 Å². The molecule has 0 saturated carbocycles. The highest BCUT2D eigenvalue weighted by Gasteiger charge is 2.07. The molecule has 0 aliphatic carbocycles. The van der Waals surface area contributed by atoms with Gasteiger partial charge >= 0.3 is 0 Å². The highest BCUT2D eigenvalue weighted by atomic mass is 79.9. The molecule has 5 heteroatoms. The van der Waals surface area contributed by atoms with E-state index < -0.39 is 11.6 Å². The van der Waals surface area contributed by atoms with E-state index in [-0.39, 0.29) is 11.5 Å². The van der Waals surface area contributed by atoms with Crippen LogP contribution < -0.4 is 10.5 Å². The summed E-state index contributed by atoms with van der Waals surface area (Å²) in [7, 11) is 0. The molecule has 0 saturated heterocycles. The fourth-order valence-corrected chi connectivity index (χ4v) is 2.01. The summed E-state index contributed by atoms with van der Waals surface area (Å²) in [6.45, 7) is 0.412. The molecular weight excluding hydrogens is 316 g/mol. The summed E-state index contributed by atoms with van der Waals surface area (Å²) in [6, 6.07) is 8.66. The normalized spacial score (nSPS) is 10.5. The molecule has 0 heterocycles. The molecule has 2 N–H and O–H groups in total. The Morgan fingerprint density at radius 1 is 1.11 bits per heavy atom. The molecule has 0 aromatic heterocycles. The van der Waals surface area contributed by atoms with Crippen LogP contribution in [0.2, 0.25) is 0 Å². The van der Waals surface area contributed by atoms with E-state index in [1.54, 1.807) is 12.1 Å². The van der Waals surface area contributed by atoms with E-state index in [0.717, 1.165) is 5.56 Å². The average Bonchev–Trinajstić information content (AvgIpc) is 2.32. The molecule has 0 fully saturated rings. The lowest BCUT2D eigenvalue weighted by Gasteiger charge is -2.09. The number of halogens is 3. The third-order valence-electron chi connectivity index (χ3n) is 2.49. The van der Waals surface area contributed by atoms with Gasteiger partial charge in [0.2, 0.25) is 0 Å². The van der Waals surface area contributed by atoms with Gasteiger partial charge < -0.3 is 10.5 Å². The summed E-state index contributed by atoms with van der Waals surface area (Å²) < 4.78 is 33.0. The molecule has 19 heavy (non-hydrogen) atoms. The number of ether oxygens (including phenoxy) is 1. The van der Waals surface area contributed by atoms with Crippen molar-refractivity contribution >= 4 is 15.9 Å². The smallest absolute Gasteiger partial charge is 0.166 e. The van der Waals surface area contributed by atoms with Gasteiger partial charge in [-0.1, -0.05) is 15.9 Å². The SMILES string of the molecule is NCCc1cc(F)cc(Oc2ccc(Br)cc2F)c1. The first-order chi connectivity index (χ1) is 9.08. The fraction of sp³-hybridized carbons (Fsp3) is 0.143. The molecule has 0 bridgehead atoms. The van der Waals surface area contributed by atoms with Crippen LogP contribution in [0.1, 0.15) is 5.56 Å². The summed E-state index contributed by atoms with van der Waals surface area (Å²) in [6.07, 6.45) is 0.539. The van der Waals surface area contributed by atoms with E-state index in [9.17, 15) is 8.78 Å². The van der Waals surface area contributed by atoms with Crippen molar-refractivity contribution in [3.8, 4) is 11.5 Å². The Labute approximate surface area is 118 Å². The molecule has 0 atom stereocenters. The largest absolute Gasteiger partial charge is 0.454 e. The first kappa shape index (κ1) is 14.0. The maximum absolute atomic E-state index is 13.6. The van der Waals surface area contributed by atoms with E-state index in [0.29, 0.717) is 17.4 Å². The second-order valence-corrected chi connectivity index (χ2v) is 4.93. The molecule has 2 aromatic carbocycles. The highest BCUT2D eigenvalue weighted by Crippen LogP contribution is 2.28. The van der Waals surface area contributed by atoms with Gasteiger partial charge in [-0.15, -0.1) is 0 Å². The van der Waals surface area contributed by atoms with Crippen molar-refractivity contribution in [3.63, 3.8) is 0 Å². The number of rotatable bonds is 4. The van der Waals surface area contributed by atoms with Gasteiger partial charge in [0.05, 0.1) is 0 Å². The summed E-state index contributed by atoms with van der Waals surface area (Å²) in [4.78, 5) is 0. The van der Waals surface area contributed by atoms with Crippen LogP contribution in [-0.2, 0) is 6.42 Å². The predicted molar refractivity (Wildman–Crippen MR) is 73.3 cm³/mol. The molecule has 2 aromatic rings. The summed E-state index contributed by atoms with van der Waals surface area (Å²) in [5.41, 5.74) is 6.14. The first-order valence-corrected chi connectivity index (χ1v) is 6.50. The molecule has 0 spiro atoms. The van der Waals surface area contributed by atoms with Crippen LogP contribution >= 0.6 is 15.9 Å². The quantitative estimate of drug-likeness (QED) is 0.920.